The Kier molecular flexibility index (Phi) is 9.79. The molecule has 3 rings (SSSR count). The largest absolute Gasteiger partial charge is 0.368 e. The van der Waals surface area contributed by atoms with E-state index in [1.807, 2.05) is 0 Å². The Labute approximate surface area is 151 Å². The first-order chi connectivity index (χ1) is 10.4. The number of aromatic nitrogens is 2. The van der Waals surface area contributed by atoms with Crippen LogP contribution in [0.5, 0.6) is 0 Å². The summed E-state index contributed by atoms with van der Waals surface area (Å²) < 4.78 is 0. The molecule has 1 aromatic heterocycles. The minimum atomic E-state index is 0. The summed E-state index contributed by atoms with van der Waals surface area (Å²) in [5, 5.41) is 6.98. The maximum Gasteiger partial charge on any atom is 0.132 e. The Morgan fingerprint density at radius 3 is 2.52 bits per heavy atom. The zero-order valence-corrected chi connectivity index (χ0v) is 15.4. The molecule has 5 nitrogen and oxygen atoms in total. The van der Waals surface area contributed by atoms with Crippen molar-refractivity contribution in [1.82, 2.24) is 20.2 Å². The number of nitrogens with one attached hydrogen (secondary N) is 2. The van der Waals surface area contributed by atoms with E-state index in [2.05, 4.69) is 25.5 Å². The van der Waals surface area contributed by atoms with Crippen LogP contribution >= 0.6 is 24.8 Å². The average molecular weight is 362 g/mol. The number of hydrogen-bond acceptors (Lipinski definition) is 5. The number of fused-ring (bicyclic) bond motifs is 1. The fraction of sp³-hybridized carbons (Fsp3) is 0.750. The molecule has 0 bridgehead atoms. The van der Waals surface area contributed by atoms with Crippen LogP contribution in [0.3, 0.4) is 0 Å². The molecule has 1 fully saturated rings. The minimum Gasteiger partial charge on any atom is -0.368 e. The average Bonchev–Trinajstić information content (AvgIpc) is 2.90. The predicted molar refractivity (Wildman–Crippen MR) is 100 cm³/mol. The van der Waals surface area contributed by atoms with Crippen molar-refractivity contribution in [2.75, 3.05) is 44.6 Å². The van der Waals surface area contributed by atoms with Crippen LogP contribution in [0.4, 0.5) is 5.82 Å². The summed E-state index contributed by atoms with van der Waals surface area (Å²) >= 11 is 0. The van der Waals surface area contributed by atoms with Crippen LogP contribution < -0.4 is 10.6 Å². The van der Waals surface area contributed by atoms with Gasteiger partial charge in [-0.1, -0.05) is 12.8 Å². The molecule has 7 heteroatoms. The molecular weight excluding hydrogens is 333 g/mol. The van der Waals surface area contributed by atoms with Crippen molar-refractivity contribution in [3.8, 4) is 0 Å². The van der Waals surface area contributed by atoms with Gasteiger partial charge in [-0.25, -0.2) is 9.97 Å². The van der Waals surface area contributed by atoms with Gasteiger partial charge in [0.25, 0.3) is 0 Å². The lowest BCUT2D eigenvalue weighted by atomic mass is 10.1. The van der Waals surface area contributed by atoms with Crippen LogP contribution in [-0.2, 0) is 12.8 Å². The first kappa shape index (κ1) is 20.4. The Balaban J connectivity index is 0.00000132. The third-order valence-corrected chi connectivity index (χ3v) is 4.54. The molecule has 0 saturated carbocycles. The van der Waals surface area contributed by atoms with E-state index in [0.717, 1.165) is 44.8 Å². The van der Waals surface area contributed by atoms with Crippen molar-refractivity contribution in [3.05, 3.63) is 17.6 Å². The molecule has 0 atom stereocenters. The molecule has 0 spiro atoms. The lowest BCUT2D eigenvalue weighted by Crippen LogP contribution is -2.30. The summed E-state index contributed by atoms with van der Waals surface area (Å²) in [5.41, 5.74) is 2.53. The van der Waals surface area contributed by atoms with E-state index >= 15 is 0 Å². The molecule has 1 saturated heterocycles. The molecule has 2 N–H and O–H groups in total. The maximum atomic E-state index is 4.47. The monoisotopic (exact) mass is 361 g/mol. The Morgan fingerprint density at radius 1 is 1.00 bits per heavy atom. The molecule has 23 heavy (non-hydrogen) atoms. The highest BCUT2D eigenvalue weighted by molar-refractivity contribution is 5.85. The minimum absolute atomic E-state index is 0. The van der Waals surface area contributed by atoms with E-state index in [-0.39, 0.29) is 24.8 Å². The summed E-state index contributed by atoms with van der Waals surface area (Å²) in [6.07, 6.45) is 9.26. The number of halogens is 2. The normalized spacial score (nSPS) is 18.6. The zero-order chi connectivity index (χ0) is 14.3. The van der Waals surface area contributed by atoms with Crippen molar-refractivity contribution in [2.24, 2.45) is 0 Å². The van der Waals surface area contributed by atoms with E-state index in [9.17, 15) is 0 Å². The summed E-state index contributed by atoms with van der Waals surface area (Å²) in [6, 6.07) is 0. The van der Waals surface area contributed by atoms with Crippen molar-refractivity contribution < 1.29 is 0 Å². The van der Waals surface area contributed by atoms with E-state index in [4.69, 9.17) is 0 Å². The highest BCUT2D eigenvalue weighted by Crippen LogP contribution is 2.18. The van der Waals surface area contributed by atoms with Crippen molar-refractivity contribution in [3.63, 3.8) is 0 Å². The fourth-order valence-electron chi connectivity index (χ4n) is 3.32. The van der Waals surface area contributed by atoms with Crippen LogP contribution in [0.25, 0.3) is 0 Å². The maximum absolute atomic E-state index is 4.47. The summed E-state index contributed by atoms with van der Waals surface area (Å²) in [6.45, 7) is 6.67. The number of nitrogens with zero attached hydrogens (tertiary/aromatic N) is 3. The van der Waals surface area contributed by atoms with Gasteiger partial charge in [0.2, 0.25) is 0 Å². The summed E-state index contributed by atoms with van der Waals surface area (Å²) in [5.74, 6) is 1.05. The van der Waals surface area contributed by atoms with Crippen molar-refractivity contribution in [1.29, 1.82) is 0 Å². The standard InChI is InChI=1S/C16H27N5.2ClH/c1-2-4-11-21(10-3-1)12-9-18-16-14-5-7-17-8-6-15(14)19-13-20-16;;/h13,17H,1-12H2,(H,18,19,20);2*1H. The lowest BCUT2D eigenvalue weighted by Gasteiger charge is -2.20. The van der Waals surface area contributed by atoms with E-state index < -0.39 is 0 Å². The molecule has 2 aliphatic heterocycles. The summed E-state index contributed by atoms with van der Waals surface area (Å²) in [4.78, 5) is 11.5. The second kappa shape index (κ2) is 11.0. The molecule has 3 heterocycles. The number of rotatable bonds is 4. The number of likely N-dealkylation sites (tertiary alicyclic amines) is 1. The SMILES string of the molecule is Cl.Cl.c1nc2c(c(NCCN3CCCCCC3)n1)CCNCC2. The lowest BCUT2D eigenvalue weighted by molar-refractivity contribution is 0.296. The van der Waals surface area contributed by atoms with E-state index in [1.165, 1.54) is 50.0 Å². The Bertz CT molecular complexity index is 450. The molecule has 2 aliphatic rings. The van der Waals surface area contributed by atoms with Gasteiger partial charge in [0.05, 0.1) is 5.69 Å². The smallest absolute Gasteiger partial charge is 0.132 e. The van der Waals surface area contributed by atoms with Gasteiger partial charge in [-0.05, 0) is 38.9 Å². The van der Waals surface area contributed by atoms with Crippen LogP contribution in [0.2, 0.25) is 0 Å². The number of hydrogen-bond donors (Lipinski definition) is 2. The number of anilines is 1. The van der Waals surface area contributed by atoms with Gasteiger partial charge in [0.15, 0.2) is 0 Å². The van der Waals surface area contributed by atoms with E-state index in [0.29, 0.717) is 0 Å². The molecule has 0 amide bonds. The Hall–Kier alpha value is -0.620. The van der Waals surface area contributed by atoms with Crippen LogP contribution in [-0.4, -0.2) is 54.1 Å². The van der Waals surface area contributed by atoms with Gasteiger partial charge < -0.3 is 15.5 Å². The first-order valence-electron chi connectivity index (χ1n) is 8.43. The molecule has 0 radical (unpaired) electrons. The summed E-state index contributed by atoms with van der Waals surface area (Å²) in [7, 11) is 0. The molecule has 132 valence electrons. The molecule has 0 aromatic carbocycles. The quantitative estimate of drug-likeness (QED) is 0.861. The second-order valence-electron chi connectivity index (χ2n) is 6.08. The fourth-order valence-corrected chi connectivity index (χ4v) is 3.32. The van der Waals surface area contributed by atoms with Gasteiger partial charge >= 0.3 is 0 Å². The predicted octanol–water partition coefficient (Wildman–Crippen LogP) is 2.30. The topological polar surface area (TPSA) is 53.1 Å². The third-order valence-electron chi connectivity index (χ3n) is 4.54. The van der Waals surface area contributed by atoms with Crippen molar-refractivity contribution >= 4 is 30.6 Å². The second-order valence-corrected chi connectivity index (χ2v) is 6.08. The van der Waals surface area contributed by atoms with Gasteiger partial charge in [-0.2, -0.15) is 0 Å². The van der Waals surface area contributed by atoms with Gasteiger partial charge in [-0.3, -0.25) is 0 Å². The highest BCUT2D eigenvalue weighted by atomic mass is 35.5. The van der Waals surface area contributed by atoms with Crippen LogP contribution in [0.15, 0.2) is 6.33 Å². The molecular formula is C16H29Cl2N5. The van der Waals surface area contributed by atoms with Gasteiger partial charge in [0.1, 0.15) is 12.1 Å². The highest BCUT2D eigenvalue weighted by Gasteiger charge is 2.14. The van der Waals surface area contributed by atoms with Crippen LogP contribution in [0.1, 0.15) is 36.9 Å². The van der Waals surface area contributed by atoms with Gasteiger partial charge in [-0.15, -0.1) is 24.8 Å². The Morgan fingerprint density at radius 2 is 1.74 bits per heavy atom. The van der Waals surface area contributed by atoms with E-state index in [1.54, 1.807) is 6.33 Å². The van der Waals surface area contributed by atoms with Crippen molar-refractivity contribution in [2.45, 2.75) is 38.5 Å². The van der Waals surface area contributed by atoms with Gasteiger partial charge in [0, 0.05) is 31.6 Å². The third kappa shape index (κ3) is 6.07. The first-order valence-corrected chi connectivity index (χ1v) is 8.43. The molecule has 0 unspecified atom stereocenters. The molecule has 0 aliphatic carbocycles. The van der Waals surface area contributed by atoms with Crippen LogP contribution in [0, 0.1) is 0 Å². The zero-order valence-electron chi connectivity index (χ0n) is 13.7. The molecule has 1 aromatic rings.